The van der Waals surface area contributed by atoms with E-state index >= 15 is 0 Å². The first-order chi connectivity index (χ1) is 14.5. The van der Waals surface area contributed by atoms with Gasteiger partial charge >= 0.3 is 0 Å². The lowest BCUT2D eigenvalue weighted by atomic mass is 10.2. The van der Waals surface area contributed by atoms with Gasteiger partial charge < -0.3 is 15.0 Å². The Kier molecular flexibility index (Phi) is 6.06. The molecule has 0 radical (unpaired) electrons. The summed E-state index contributed by atoms with van der Waals surface area (Å²) in [4.78, 5) is 24.1. The zero-order valence-electron chi connectivity index (χ0n) is 17.3. The fourth-order valence-corrected chi connectivity index (χ4v) is 4.22. The molecule has 3 aromatic rings. The summed E-state index contributed by atoms with van der Waals surface area (Å²) in [5, 5.41) is 3.70. The maximum absolute atomic E-state index is 13.0. The molecule has 1 aliphatic rings. The van der Waals surface area contributed by atoms with Gasteiger partial charge in [0.05, 0.1) is 30.3 Å². The summed E-state index contributed by atoms with van der Waals surface area (Å²) in [6.07, 6.45) is 5.57. The Morgan fingerprint density at radius 1 is 1.07 bits per heavy atom. The van der Waals surface area contributed by atoms with Crippen LogP contribution < -0.4 is 10.2 Å². The van der Waals surface area contributed by atoms with Crippen molar-refractivity contribution in [3.63, 3.8) is 0 Å². The van der Waals surface area contributed by atoms with Crippen LogP contribution in [0.25, 0.3) is 5.69 Å². The molecule has 1 fully saturated rings. The van der Waals surface area contributed by atoms with Crippen LogP contribution in [-0.2, 0) is 4.74 Å². The SMILES string of the molecule is CSc1ncc(C(=O)Nc2ccc(N3C[C@@H](C)O[C@H](C)C3)nc2)n1-c1ccccc1. The number of imidazole rings is 1. The predicted octanol–water partition coefficient (Wildman–Crippen LogP) is 3.86. The number of aromatic nitrogens is 3. The highest BCUT2D eigenvalue weighted by atomic mass is 32.2. The molecule has 0 saturated carbocycles. The quantitative estimate of drug-likeness (QED) is 0.629. The van der Waals surface area contributed by atoms with Gasteiger partial charge in [-0.3, -0.25) is 9.36 Å². The number of rotatable bonds is 5. The number of benzene rings is 1. The van der Waals surface area contributed by atoms with Gasteiger partial charge in [0.1, 0.15) is 11.5 Å². The van der Waals surface area contributed by atoms with E-state index in [1.54, 1.807) is 12.4 Å². The van der Waals surface area contributed by atoms with E-state index in [0.717, 1.165) is 29.8 Å². The Bertz CT molecular complexity index is 996. The molecular weight excluding hydrogens is 398 g/mol. The van der Waals surface area contributed by atoms with Crippen LogP contribution >= 0.6 is 11.8 Å². The third kappa shape index (κ3) is 4.34. The highest BCUT2D eigenvalue weighted by Gasteiger charge is 2.23. The van der Waals surface area contributed by atoms with Crippen LogP contribution in [-0.4, -0.2) is 52.0 Å². The minimum atomic E-state index is -0.227. The van der Waals surface area contributed by atoms with Crippen molar-refractivity contribution < 1.29 is 9.53 Å². The molecule has 3 heterocycles. The summed E-state index contributed by atoms with van der Waals surface area (Å²) in [7, 11) is 0. The van der Waals surface area contributed by atoms with E-state index in [4.69, 9.17) is 4.74 Å². The zero-order valence-corrected chi connectivity index (χ0v) is 18.1. The highest BCUT2D eigenvalue weighted by Crippen LogP contribution is 2.23. The van der Waals surface area contributed by atoms with Crippen LogP contribution in [0.2, 0.25) is 0 Å². The number of nitrogens with zero attached hydrogens (tertiary/aromatic N) is 4. The topological polar surface area (TPSA) is 72.3 Å². The van der Waals surface area contributed by atoms with Crippen molar-refractivity contribution in [2.75, 3.05) is 29.6 Å². The van der Waals surface area contributed by atoms with E-state index in [0.29, 0.717) is 11.4 Å². The minimum Gasteiger partial charge on any atom is -0.372 e. The summed E-state index contributed by atoms with van der Waals surface area (Å²) in [5.74, 6) is 0.656. The minimum absolute atomic E-state index is 0.166. The van der Waals surface area contributed by atoms with Gasteiger partial charge in [-0.15, -0.1) is 0 Å². The monoisotopic (exact) mass is 423 g/mol. The largest absolute Gasteiger partial charge is 0.372 e. The van der Waals surface area contributed by atoms with E-state index in [9.17, 15) is 4.79 Å². The van der Waals surface area contributed by atoms with Crippen LogP contribution in [0, 0.1) is 0 Å². The number of carbonyl (C=O) groups is 1. The Morgan fingerprint density at radius 3 is 2.43 bits per heavy atom. The average Bonchev–Trinajstić information content (AvgIpc) is 3.18. The highest BCUT2D eigenvalue weighted by molar-refractivity contribution is 7.98. The van der Waals surface area contributed by atoms with E-state index in [1.165, 1.54) is 11.8 Å². The van der Waals surface area contributed by atoms with E-state index in [1.807, 2.05) is 53.3 Å². The summed E-state index contributed by atoms with van der Waals surface area (Å²) in [6, 6.07) is 13.6. The van der Waals surface area contributed by atoms with Crippen LogP contribution in [0.4, 0.5) is 11.5 Å². The molecular formula is C22H25N5O2S. The van der Waals surface area contributed by atoms with Crippen molar-refractivity contribution in [2.24, 2.45) is 0 Å². The number of amides is 1. The molecule has 1 aliphatic heterocycles. The van der Waals surface area contributed by atoms with Crippen LogP contribution in [0.15, 0.2) is 60.0 Å². The number of para-hydroxylation sites is 1. The van der Waals surface area contributed by atoms with E-state index < -0.39 is 0 Å². The second kappa shape index (κ2) is 8.89. The molecule has 4 rings (SSSR count). The number of nitrogens with one attached hydrogen (secondary N) is 1. The second-order valence-electron chi connectivity index (χ2n) is 7.32. The number of ether oxygens (including phenoxy) is 1. The van der Waals surface area contributed by atoms with Gasteiger partial charge in [-0.2, -0.15) is 0 Å². The van der Waals surface area contributed by atoms with Gasteiger partial charge in [0, 0.05) is 18.8 Å². The Morgan fingerprint density at radius 2 is 1.80 bits per heavy atom. The number of carbonyl (C=O) groups excluding carboxylic acids is 1. The lowest BCUT2D eigenvalue weighted by molar-refractivity contribution is -0.00545. The zero-order chi connectivity index (χ0) is 21.1. The Labute approximate surface area is 180 Å². The van der Waals surface area contributed by atoms with Gasteiger partial charge in [0.2, 0.25) is 0 Å². The summed E-state index contributed by atoms with van der Waals surface area (Å²) < 4.78 is 7.65. The van der Waals surface area contributed by atoms with Crippen molar-refractivity contribution in [1.82, 2.24) is 14.5 Å². The maximum atomic E-state index is 13.0. The molecule has 156 valence electrons. The second-order valence-corrected chi connectivity index (χ2v) is 8.10. The molecule has 0 aliphatic carbocycles. The fraction of sp³-hybridized carbons (Fsp3) is 0.318. The molecule has 2 atom stereocenters. The van der Waals surface area contributed by atoms with Crippen molar-refractivity contribution >= 4 is 29.2 Å². The normalized spacial score (nSPS) is 19.0. The average molecular weight is 424 g/mol. The van der Waals surface area contributed by atoms with Crippen LogP contribution in [0.1, 0.15) is 24.3 Å². The molecule has 1 N–H and O–H groups in total. The lowest BCUT2D eigenvalue weighted by Crippen LogP contribution is -2.45. The van der Waals surface area contributed by atoms with Crippen LogP contribution in [0.5, 0.6) is 0 Å². The predicted molar refractivity (Wildman–Crippen MR) is 120 cm³/mol. The first kappa shape index (κ1) is 20.4. The van der Waals surface area contributed by atoms with Gasteiger partial charge in [0.15, 0.2) is 5.16 Å². The number of hydrogen-bond donors (Lipinski definition) is 1. The first-order valence-corrected chi connectivity index (χ1v) is 11.1. The summed E-state index contributed by atoms with van der Waals surface area (Å²) >= 11 is 1.50. The van der Waals surface area contributed by atoms with Gasteiger partial charge in [-0.05, 0) is 44.4 Å². The molecule has 2 aromatic heterocycles. The smallest absolute Gasteiger partial charge is 0.274 e. The molecule has 0 spiro atoms. The number of anilines is 2. The third-order valence-electron chi connectivity index (χ3n) is 4.91. The molecule has 0 bridgehead atoms. The summed E-state index contributed by atoms with van der Waals surface area (Å²) in [5.41, 5.74) is 2.02. The molecule has 8 heteroatoms. The van der Waals surface area contributed by atoms with Crippen molar-refractivity contribution in [2.45, 2.75) is 31.2 Å². The first-order valence-electron chi connectivity index (χ1n) is 9.90. The standard InChI is InChI=1S/C22H25N5O2S/c1-15-13-26(14-16(2)29-15)20-10-9-17(11-23-20)25-21(28)19-12-24-22(30-3)27(19)18-7-5-4-6-8-18/h4-12,15-16H,13-14H2,1-3H3,(H,25,28)/t15-,16-/m1/s1. The molecule has 30 heavy (non-hydrogen) atoms. The third-order valence-corrected chi connectivity index (χ3v) is 5.56. The number of morpholine rings is 1. The molecule has 1 saturated heterocycles. The van der Waals surface area contributed by atoms with Crippen molar-refractivity contribution in [1.29, 1.82) is 0 Å². The maximum Gasteiger partial charge on any atom is 0.274 e. The molecule has 0 unspecified atom stereocenters. The van der Waals surface area contributed by atoms with E-state index in [2.05, 4.69) is 34.0 Å². The van der Waals surface area contributed by atoms with Gasteiger partial charge in [-0.1, -0.05) is 30.0 Å². The van der Waals surface area contributed by atoms with Crippen LogP contribution in [0.3, 0.4) is 0 Å². The lowest BCUT2D eigenvalue weighted by Gasteiger charge is -2.36. The van der Waals surface area contributed by atoms with Gasteiger partial charge in [0.25, 0.3) is 5.91 Å². The molecule has 1 aromatic carbocycles. The number of thioether (sulfide) groups is 1. The number of pyridine rings is 1. The summed E-state index contributed by atoms with van der Waals surface area (Å²) in [6.45, 7) is 5.74. The Balaban J connectivity index is 1.52. The molecule has 7 nitrogen and oxygen atoms in total. The number of hydrogen-bond acceptors (Lipinski definition) is 6. The van der Waals surface area contributed by atoms with Crippen molar-refractivity contribution in [3.05, 3.63) is 60.6 Å². The van der Waals surface area contributed by atoms with Crippen molar-refractivity contribution in [3.8, 4) is 5.69 Å². The molecule has 1 amide bonds. The van der Waals surface area contributed by atoms with E-state index in [-0.39, 0.29) is 18.1 Å². The fourth-order valence-electron chi connectivity index (χ4n) is 3.67. The van der Waals surface area contributed by atoms with Gasteiger partial charge in [-0.25, -0.2) is 9.97 Å². The Hall–Kier alpha value is -2.84.